The Morgan fingerprint density at radius 1 is 1.04 bits per heavy atom. The second-order valence-corrected chi connectivity index (χ2v) is 8.03. The summed E-state index contributed by atoms with van der Waals surface area (Å²) in [4.78, 5) is 11.5. The van der Waals surface area contributed by atoms with Gasteiger partial charge in [0, 0.05) is 0 Å². The maximum atomic E-state index is 12.6. The quantitative estimate of drug-likeness (QED) is 0.369. The standard InChI is InChI=1S/C18H28O5S.H3NO/c1-3-5-7-8-9-17(18(19)20)24(21,22)16-12-10-15(11-13-16)23-14-6-4-2;1-2/h10-13,17H,3-9,14H2,1-2H3,(H,19,20);2H,1H2. The van der Waals surface area contributed by atoms with Gasteiger partial charge in [0.05, 0.1) is 11.5 Å². The molecule has 0 heterocycles. The predicted octanol–water partition coefficient (Wildman–Crippen LogP) is 3.40. The number of benzene rings is 1. The lowest BCUT2D eigenvalue weighted by atomic mass is 10.1. The summed E-state index contributed by atoms with van der Waals surface area (Å²) in [5.74, 6) is 2.81. The summed E-state index contributed by atoms with van der Waals surface area (Å²) in [7, 11) is -3.88. The molecule has 0 saturated heterocycles. The Bertz CT molecular complexity index is 601. The molecule has 0 aliphatic heterocycles. The van der Waals surface area contributed by atoms with Gasteiger partial charge < -0.3 is 15.1 Å². The molecule has 0 saturated carbocycles. The van der Waals surface area contributed by atoms with E-state index in [1.54, 1.807) is 12.1 Å². The highest BCUT2D eigenvalue weighted by atomic mass is 32.2. The predicted molar refractivity (Wildman–Crippen MR) is 100 cm³/mol. The highest BCUT2D eigenvalue weighted by Gasteiger charge is 2.33. The van der Waals surface area contributed by atoms with Gasteiger partial charge in [-0.25, -0.2) is 14.3 Å². The molecule has 1 unspecified atom stereocenters. The number of ether oxygens (including phenoxy) is 1. The van der Waals surface area contributed by atoms with Gasteiger partial charge in [-0.1, -0.05) is 46.0 Å². The molecule has 0 aliphatic rings. The smallest absolute Gasteiger partial charge is 0.322 e. The molecule has 1 atom stereocenters. The Morgan fingerprint density at radius 2 is 1.62 bits per heavy atom. The topological polar surface area (TPSA) is 127 Å². The average Bonchev–Trinajstić information content (AvgIpc) is 2.63. The monoisotopic (exact) mass is 389 g/mol. The molecule has 0 bridgehead atoms. The summed E-state index contributed by atoms with van der Waals surface area (Å²) in [5.41, 5.74) is 0. The number of unbranched alkanes of at least 4 members (excludes halogenated alkanes) is 4. The maximum Gasteiger partial charge on any atom is 0.322 e. The zero-order chi connectivity index (χ0) is 20.0. The fraction of sp³-hybridized carbons (Fsp3) is 0.611. The van der Waals surface area contributed by atoms with Crippen molar-refractivity contribution in [1.29, 1.82) is 0 Å². The van der Waals surface area contributed by atoms with Gasteiger partial charge in [0.2, 0.25) is 0 Å². The van der Waals surface area contributed by atoms with Crippen molar-refractivity contribution in [2.24, 2.45) is 5.90 Å². The highest BCUT2D eigenvalue weighted by Crippen LogP contribution is 2.23. The van der Waals surface area contributed by atoms with Crippen molar-refractivity contribution in [3.05, 3.63) is 24.3 Å². The van der Waals surface area contributed by atoms with Gasteiger partial charge in [-0.2, -0.15) is 0 Å². The van der Waals surface area contributed by atoms with Crippen LogP contribution in [0.4, 0.5) is 0 Å². The number of nitrogens with two attached hydrogens (primary N) is 1. The second kappa shape index (κ2) is 13.5. The minimum absolute atomic E-state index is 0.0354. The second-order valence-electron chi connectivity index (χ2n) is 5.89. The number of aliphatic carboxylic acids is 1. The van der Waals surface area contributed by atoms with Gasteiger partial charge in [0.15, 0.2) is 15.1 Å². The summed E-state index contributed by atoms with van der Waals surface area (Å²) >= 11 is 0. The Labute approximate surface area is 156 Å². The molecule has 7 nitrogen and oxygen atoms in total. The van der Waals surface area contributed by atoms with Crippen molar-refractivity contribution in [2.45, 2.75) is 68.9 Å². The van der Waals surface area contributed by atoms with Gasteiger partial charge in [0.1, 0.15) is 5.75 Å². The lowest BCUT2D eigenvalue weighted by Crippen LogP contribution is -2.30. The molecular weight excluding hydrogens is 358 g/mol. The molecule has 26 heavy (non-hydrogen) atoms. The van der Waals surface area contributed by atoms with Crippen molar-refractivity contribution in [3.63, 3.8) is 0 Å². The minimum Gasteiger partial charge on any atom is -0.494 e. The molecule has 1 aromatic carbocycles. The molecule has 0 amide bonds. The van der Waals surface area contributed by atoms with Gasteiger partial charge in [-0.15, -0.1) is 0 Å². The third-order valence-corrected chi connectivity index (χ3v) is 6.00. The molecule has 4 N–H and O–H groups in total. The zero-order valence-corrected chi connectivity index (χ0v) is 16.4. The normalized spacial score (nSPS) is 12.0. The van der Waals surface area contributed by atoms with Crippen LogP contribution in [0.2, 0.25) is 0 Å². The van der Waals surface area contributed by atoms with E-state index in [9.17, 15) is 18.3 Å². The van der Waals surface area contributed by atoms with Gasteiger partial charge >= 0.3 is 5.97 Å². The molecule has 150 valence electrons. The van der Waals surface area contributed by atoms with Gasteiger partial charge in [0.25, 0.3) is 0 Å². The molecule has 1 rings (SSSR count). The highest BCUT2D eigenvalue weighted by molar-refractivity contribution is 7.92. The van der Waals surface area contributed by atoms with Crippen molar-refractivity contribution in [1.82, 2.24) is 0 Å². The largest absolute Gasteiger partial charge is 0.494 e. The molecule has 8 heteroatoms. The Kier molecular flexibility index (Phi) is 12.7. The van der Waals surface area contributed by atoms with E-state index < -0.39 is 21.1 Å². The zero-order valence-electron chi connectivity index (χ0n) is 15.6. The van der Waals surface area contributed by atoms with Crippen LogP contribution in [-0.2, 0) is 14.6 Å². The van der Waals surface area contributed by atoms with Crippen LogP contribution < -0.4 is 10.6 Å². The van der Waals surface area contributed by atoms with E-state index in [1.807, 2.05) is 0 Å². The number of hydrogen-bond acceptors (Lipinski definition) is 6. The first-order valence-electron chi connectivity index (χ1n) is 8.88. The lowest BCUT2D eigenvalue weighted by Gasteiger charge is -2.14. The molecule has 0 aliphatic carbocycles. The molecule has 0 radical (unpaired) electrons. The van der Waals surface area contributed by atoms with E-state index >= 15 is 0 Å². The molecule has 0 spiro atoms. The van der Waals surface area contributed by atoms with Crippen LogP contribution in [0.25, 0.3) is 0 Å². The number of carbonyl (C=O) groups is 1. The van der Waals surface area contributed by atoms with Crippen LogP contribution in [-0.4, -0.2) is 36.6 Å². The summed E-state index contributed by atoms with van der Waals surface area (Å²) in [5, 5.41) is 14.4. The molecule has 0 aromatic heterocycles. The molecule has 0 fully saturated rings. The molecule has 1 aromatic rings. The van der Waals surface area contributed by atoms with Crippen LogP contribution in [0.3, 0.4) is 0 Å². The fourth-order valence-corrected chi connectivity index (χ4v) is 3.98. The average molecular weight is 390 g/mol. The molecular formula is C18H31NO6S. The fourth-order valence-electron chi connectivity index (χ4n) is 2.39. The van der Waals surface area contributed by atoms with E-state index in [1.165, 1.54) is 12.1 Å². The Morgan fingerprint density at radius 3 is 2.12 bits per heavy atom. The van der Waals surface area contributed by atoms with E-state index in [2.05, 4.69) is 19.7 Å². The first-order chi connectivity index (χ1) is 12.4. The SMILES string of the molecule is CCCCCCC(C(=O)O)S(=O)(=O)c1ccc(OCCCC)cc1.NO. The summed E-state index contributed by atoms with van der Waals surface area (Å²) in [6.07, 6.45) is 5.54. The van der Waals surface area contributed by atoms with Crippen LogP contribution in [0.15, 0.2) is 29.2 Å². The first kappa shape index (κ1) is 24.4. The van der Waals surface area contributed by atoms with Crippen molar-refractivity contribution in [2.75, 3.05) is 6.61 Å². The Hall–Kier alpha value is -1.64. The van der Waals surface area contributed by atoms with Crippen LogP contribution in [0.1, 0.15) is 58.8 Å². The number of hydrogen-bond donors (Lipinski definition) is 3. The van der Waals surface area contributed by atoms with Crippen molar-refractivity contribution < 1.29 is 28.3 Å². The lowest BCUT2D eigenvalue weighted by molar-refractivity contribution is -0.136. The van der Waals surface area contributed by atoms with Gasteiger partial charge in [-0.3, -0.25) is 4.79 Å². The van der Waals surface area contributed by atoms with E-state index in [-0.39, 0.29) is 11.3 Å². The van der Waals surface area contributed by atoms with Crippen molar-refractivity contribution >= 4 is 15.8 Å². The van der Waals surface area contributed by atoms with Crippen LogP contribution in [0.5, 0.6) is 5.75 Å². The summed E-state index contributed by atoms with van der Waals surface area (Å²) < 4.78 is 30.7. The number of carboxylic acid groups (broad SMARTS) is 1. The Balaban J connectivity index is 0.00000301. The third kappa shape index (κ3) is 8.16. The number of rotatable bonds is 12. The maximum absolute atomic E-state index is 12.6. The third-order valence-electron chi connectivity index (χ3n) is 3.89. The van der Waals surface area contributed by atoms with E-state index in [0.717, 1.165) is 32.1 Å². The number of carboxylic acids is 1. The number of sulfone groups is 1. The summed E-state index contributed by atoms with van der Waals surface area (Å²) in [6, 6.07) is 6.02. The summed E-state index contributed by atoms with van der Waals surface area (Å²) in [6.45, 7) is 4.69. The van der Waals surface area contributed by atoms with E-state index in [0.29, 0.717) is 18.8 Å². The van der Waals surface area contributed by atoms with Crippen LogP contribution in [0, 0.1) is 0 Å². The van der Waals surface area contributed by atoms with Crippen LogP contribution >= 0.6 is 0 Å². The first-order valence-corrected chi connectivity index (χ1v) is 10.4. The van der Waals surface area contributed by atoms with E-state index in [4.69, 9.17) is 9.94 Å². The van der Waals surface area contributed by atoms with Crippen molar-refractivity contribution in [3.8, 4) is 5.75 Å². The minimum atomic E-state index is -3.88. The van der Waals surface area contributed by atoms with Gasteiger partial charge in [-0.05, 0) is 37.1 Å².